The van der Waals surface area contributed by atoms with Crippen molar-refractivity contribution < 1.29 is 9.47 Å². The lowest BCUT2D eigenvalue weighted by Crippen LogP contribution is -2.46. The van der Waals surface area contributed by atoms with Gasteiger partial charge < -0.3 is 14.4 Å². The average Bonchev–Trinajstić information content (AvgIpc) is 3.07. The van der Waals surface area contributed by atoms with E-state index in [1.54, 1.807) is 0 Å². The van der Waals surface area contributed by atoms with E-state index in [0.29, 0.717) is 0 Å². The zero-order valence-corrected chi connectivity index (χ0v) is 13.9. The number of hydrogen-bond acceptors (Lipinski definition) is 3. The smallest absolute Gasteiger partial charge is 0.170 e. The lowest BCUT2D eigenvalue weighted by Gasteiger charge is -2.39. The van der Waals surface area contributed by atoms with Gasteiger partial charge in [-0.15, -0.1) is 0 Å². The third-order valence-electron chi connectivity index (χ3n) is 5.57. The van der Waals surface area contributed by atoms with Crippen LogP contribution in [-0.4, -0.2) is 43.5 Å². The van der Waals surface area contributed by atoms with Crippen molar-refractivity contribution >= 4 is 5.57 Å². The Hall–Kier alpha value is -1.16. The Morgan fingerprint density at radius 3 is 2.52 bits per heavy atom. The third-order valence-corrected chi connectivity index (χ3v) is 5.57. The lowest BCUT2D eigenvalue weighted by atomic mass is 9.85. The van der Waals surface area contributed by atoms with Gasteiger partial charge in [0, 0.05) is 32.5 Å². The van der Waals surface area contributed by atoms with Gasteiger partial charge in [-0.2, -0.15) is 0 Å². The monoisotopic (exact) mass is 313 g/mol. The molecule has 2 aliphatic heterocycles. The number of likely N-dealkylation sites (tertiary alicyclic amines) is 1. The fourth-order valence-corrected chi connectivity index (χ4v) is 4.26. The average molecular weight is 313 g/mol. The Kier molecular flexibility index (Phi) is 4.52. The molecule has 1 aromatic carbocycles. The maximum absolute atomic E-state index is 5.84. The molecule has 3 aliphatic rings. The first kappa shape index (κ1) is 15.4. The van der Waals surface area contributed by atoms with E-state index in [-0.39, 0.29) is 5.79 Å². The Bertz CT molecular complexity index is 538. The van der Waals surface area contributed by atoms with E-state index >= 15 is 0 Å². The molecular formula is C20H27NO2. The number of rotatable bonds is 3. The summed E-state index contributed by atoms with van der Waals surface area (Å²) >= 11 is 0. The fourth-order valence-electron chi connectivity index (χ4n) is 4.26. The highest BCUT2D eigenvalue weighted by molar-refractivity contribution is 5.66. The number of piperidine rings is 1. The van der Waals surface area contributed by atoms with Gasteiger partial charge in [-0.25, -0.2) is 0 Å². The molecule has 3 nitrogen and oxygen atoms in total. The first-order valence-corrected chi connectivity index (χ1v) is 9.08. The van der Waals surface area contributed by atoms with Crippen LogP contribution in [0.1, 0.15) is 37.7 Å². The zero-order chi connectivity index (χ0) is 15.5. The van der Waals surface area contributed by atoms with Gasteiger partial charge >= 0.3 is 0 Å². The van der Waals surface area contributed by atoms with Gasteiger partial charge in [-0.05, 0) is 36.3 Å². The van der Waals surface area contributed by atoms with E-state index in [2.05, 4.69) is 41.3 Å². The molecule has 2 heterocycles. The number of hydrogen-bond donors (Lipinski definition) is 0. The van der Waals surface area contributed by atoms with E-state index in [1.165, 1.54) is 36.9 Å². The second-order valence-corrected chi connectivity index (χ2v) is 7.15. The van der Waals surface area contributed by atoms with Gasteiger partial charge in [0.05, 0.1) is 13.2 Å². The number of ether oxygens (including phenoxy) is 2. The topological polar surface area (TPSA) is 21.7 Å². The standard InChI is InChI=1S/C20H27NO2/c1-2-6-18(7-3-1)19-8-4-5-17(15-19)16-21-11-9-20(10-12-21)22-13-14-23-20/h1-3,6-8,17H,4-5,9-16H2/t17-/m1/s1. The third kappa shape index (κ3) is 3.52. The highest BCUT2D eigenvalue weighted by atomic mass is 16.7. The summed E-state index contributed by atoms with van der Waals surface area (Å²) in [6.45, 7) is 4.99. The summed E-state index contributed by atoms with van der Waals surface area (Å²) < 4.78 is 11.7. The van der Waals surface area contributed by atoms with E-state index in [9.17, 15) is 0 Å². The highest BCUT2D eigenvalue weighted by Gasteiger charge is 2.40. The summed E-state index contributed by atoms with van der Waals surface area (Å²) in [5.41, 5.74) is 2.94. The van der Waals surface area contributed by atoms with Crippen LogP contribution in [0.5, 0.6) is 0 Å². The second kappa shape index (κ2) is 6.76. The van der Waals surface area contributed by atoms with Crippen LogP contribution in [0.3, 0.4) is 0 Å². The van der Waals surface area contributed by atoms with Gasteiger partial charge in [0.1, 0.15) is 0 Å². The van der Waals surface area contributed by atoms with Gasteiger partial charge in [-0.1, -0.05) is 36.4 Å². The van der Waals surface area contributed by atoms with Crippen molar-refractivity contribution in [1.82, 2.24) is 4.90 Å². The highest BCUT2D eigenvalue weighted by Crippen LogP contribution is 2.34. The maximum Gasteiger partial charge on any atom is 0.170 e. The van der Waals surface area contributed by atoms with E-state index in [0.717, 1.165) is 45.1 Å². The van der Waals surface area contributed by atoms with Gasteiger partial charge in [0.25, 0.3) is 0 Å². The molecule has 0 bridgehead atoms. The number of allylic oxidation sites excluding steroid dienone is 2. The summed E-state index contributed by atoms with van der Waals surface area (Å²) in [7, 11) is 0. The Balaban J connectivity index is 1.31. The molecule has 0 unspecified atom stereocenters. The van der Waals surface area contributed by atoms with Crippen LogP contribution in [0.15, 0.2) is 36.4 Å². The molecule has 1 spiro atoms. The normalized spacial score (nSPS) is 28.0. The van der Waals surface area contributed by atoms with Crippen molar-refractivity contribution in [3.8, 4) is 0 Å². The van der Waals surface area contributed by atoms with Gasteiger partial charge in [0.15, 0.2) is 5.79 Å². The van der Waals surface area contributed by atoms with Gasteiger partial charge in [0.2, 0.25) is 0 Å². The molecule has 0 radical (unpaired) electrons. The Morgan fingerprint density at radius 2 is 1.78 bits per heavy atom. The maximum atomic E-state index is 5.84. The summed E-state index contributed by atoms with van der Waals surface area (Å²) in [6.07, 6.45) is 8.27. The molecule has 0 saturated carbocycles. The molecule has 1 atom stereocenters. The minimum absolute atomic E-state index is 0.238. The summed E-state index contributed by atoms with van der Waals surface area (Å²) in [5, 5.41) is 0. The predicted octanol–water partition coefficient (Wildman–Crippen LogP) is 3.71. The van der Waals surface area contributed by atoms with Crippen molar-refractivity contribution in [2.75, 3.05) is 32.8 Å². The summed E-state index contributed by atoms with van der Waals surface area (Å²) in [4.78, 5) is 2.62. The van der Waals surface area contributed by atoms with Crippen molar-refractivity contribution in [3.63, 3.8) is 0 Å². The summed E-state index contributed by atoms with van der Waals surface area (Å²) in [5.74, 6) is 0.549. The molecular weight excluding hydrogens is 286 g/mol. The van der Waals surface area contributed by atoms with Crippen LogP contribution in [-0.2, 0) is 9.47 Å². The molecule has 0 N–H and O–H groups in total. The molecule has 2 saturated heterocycles. The van der Waals surface area contributed by atoms with Crippen LogP contribution in [0, 0.1) is 5.92 Å². The minimum atomic E-state index is -0.238. The predicted molar refractivity (Wildman–Crippen MR) is 92.1 cm³/mol. The molecule has 4 rings (SSSR count). The van der Waals surface area contributed by atoms with Crippen LogP contribution in [0.4, 0.5) is 0 Å². The van der Waals surface area contributed by atoms with Crippen LogP contribution >= 0.6 is 0 Å². The van der Waals surface area contributed by atoms with Crippen LogP contribution in [0.25, 0.3) is 5.57 Å². The first-order chi connectivity index (χ1) is 11.3. The van der Waals surface area contributed by atoms with Crippen molar-refractivity contribution in [3.05, 3.63) is 42.0 Å². The molecule has 2 fully saturated rings. The first-order valence-electron chi connectivity index (χ1n) is 9.08. The molecule has 124 valence electrons. The van der Waals surface area contributed by atoms with Crippen LogP contribution < -0.4 is 0 Å². The largest absolute Gasteiger partial charge is 0.347 e. The molecule has 1 aliphatic carbocycles. The molecule has 1 aromatic rings. The quantitative estimate of drug-likeness (QED) is 0.849. The fraction of sp³-hybridized carbons (Fsp3) is 0.600. The van der Waals surface area contributed by atoms with Crippen molar-refractivity contribution in [1.29, 1.82) is 0 Å². The molecule has 3 heteroatoms. The zero-order valence-electron chi connectivity index (χ0n) is 13.9. The van der Waals surface area contributed by atoms with Crippen LogP contribution in [0.2, 0.25) is 0 Å². The van der Waals surface area contributed by atoms with Gasteiger partial charge in [-0.3, -0.25) is 0 Å². The minimum Gasteiger partial charge on any atom is -0.347 e. The SMILES string of the molecule is C1=C(c2ccccc2)C[C@H](CN2CCC3(CC2)OCCO3)CC1. The van der Waals surface area contributed by atoms with E-state index < -0.39 is 0 Å². The second-order valence-electron chi connectivity index (χ2n) is 7.15. The molecule has 23 heavy (non-hydrogen) atoms. The lowest BCUT2D eigenvalue weighted by molar-refractivity contribution is -0.185. The summed E-state index contributed by atoms with van der Waals surface area (Å²) in [6, 6.07) is 10.9. The Labute approximate surface area is 139 Å². The van der Waals surface area contributed by atoms with Crippen molar-refractivity contribution in [2.24, 2.45) is 5.92 Å². The number of benzene rings is 1. The van der Waals surface area contributed by atoms with Crippen molar-refractivity contribution in [2.45, 2.75) is 37.9 Å². The molecule has 0 aromatic heterocycles. The van der Waals surface area contributed by atoms with E-state index in [4.69, 9.17) is 9.47 Å². The Morgan fingerprint density at radius 1 is 1.04 bits per heavy atom. The molecule has 0 amide bonds. The number of nitrogens with zero attached hydrogens (tertiary/aromatic N) is 1. The van der Waals surface area contributed by atoms with E-state index in [1.807, 2.05) is 0 Å².